The van der Waals surface area contributed by atoms with Crippen LogP contribution in [0.5, 0.6) is 0 Å². The van der Waals surface area contributed by atoms with Crippen LogP contribution in [0.1, 0.15) is 6.42 Å². The van der Waals surface area contributed by atoms with Gasteiger partial charge in [0.25, 0.3) is 0 Å². The van der Waals surface area contributed by atoms with Crippen LogP contribution in [0.25, 0.3) is 11.1 Å². The predicted octanol–water partition coefficient (Wildman–Crippen LogP) is 4.00. The first-order chi connectivity index (χ1) is 11.6. The molecule has 3 nitrogen and oxygen atoms in total. The van der Waals surface area contributed by atoms with Gasteiger partial charge in [0.05, 0.1) is 11.7 Å². The van der Waals surface area contributed by atoms with Gasteiger partial charge in [-0.1, -0.05) is 54.1 Å². The van der Waals surface area contributed by atoms with Crippen molar-refractivity contribution in [2.45, 2.75) is 18.5 Å². The highest BCUT2D eigenvalue weighted by Gasteiger charge is 2.38. The SMILES string of the molecule is O=C(Nc1cccc(-c2ccccc2Cl)c1F)[C@@H]1C[C@H]2C=C[C@H]2N1. The molecule has 2 aliphatic rings. The van der Waals surface area contributed by atoms with Gasteiger partial charge in [-0.25, -0.2) is 4.39 Å². The van der Waals surface area contributed by atoms with E-state index < -0.39 is 5.82 Å². The first-order valence-corrected chi connectivity index (χ1v) is 8.30. The fourth-order valence-electron chi connectivity index (χ4n) is 3.27. The second kappa shape index (κ2) is 6.04. The number of benzene rings is 2. The normalized spacial score (nSPS) is 24.3. The van der Waals surface area contributed by atoms with Crippen molar-refractivity contribution >= 4 is 23.2 Å². The number of rotatable bonds is 3. The molecule has 0 radical (unpaired) electrons. The Hall–Kier alpha value is -2.17. The summed E-state index contributed by atoms with van der Waals surface area (Å²) < 4.78 is 14.8. The summed E-state index contributed by atoms with van der Waals surface area (Å²) in [4.78, 5) is 12.4. The van der Waals surface area contributed by atoms with Gasteiger partial charge in [-0.05, 0) is 24.5 Å². The minimum atomic E-state index is -0.474. The van der Waals surface area contributed by atoms with Crippen molar-refractivity contribution in [1.29, 1.82) is 0 Å². The highest BCUT2D eigenvalue weighted by atomic mass is 35.5. The molecule has 2 N–H and O–H groups in total. The first-order valence-electron chi connectivity index (χ1n) is 7.92. The van der Waals surface area contributed by atoms with E-state index in [1.807, 2.05) is 0 Å². The lowest BCUT2D eigenvalue weighted by Crippen LogP contribution is -2.39. The molecule has 0 aromatic heterocycles. The summed E-state index contributed by atoms with van der Waals surface area (Å²) in [6.07, 6.45) is 4.90. The molecule has 1 fully saturated rings. The minimum Gasteiger partial charge on any atom is -0.322 e. The number of carbonyl (C=O) groups excluding carboxylic acids is 1. The van der Waals surface area contributed by atoms with Crippen molar-refractivity contribution in [3.05, 3.63) is 65.5 Å². The molecule has 122 valence electrons. The number of hydrogen-bond acceptors (Lipinski definition) is 2. The second-order valence-electron chi connectivity index (χ2n) is 6.17. The maximum atomic E-state index is 14.8. The summed E-state index contributed by atoms with van der Waals surface area (Å²) in [5.41, 5.74) is 1.15. The van der Waals surface area contributed by atoms with Crippen LogP contribution >= 0.6 is 11.6 Å². The molecule has 1 aliphatic carbocycles. The van der Waals surface area contributed by atoms with Crippen LogP contribution < -0.4 is 10.6 Å². The van der Waals surface area contributed by atoms with E-state index >= 15 is 0 Å². The van der Waals surface area contributed by atoms with Crippen LogP contribution in [0, 0.1) is 11.7 Å². The van der Waals surface area contributed by atoms with Gasteiger partial charge >= 0.3 is 0 Å². The zero-order valence-corrected chi connectivity index (χ0v) is 13.6. The number of carbonyl (C=O) groups is 1. The van der Waals surface area contributed by atoms with Crippen molar-refractivity contribution in [3.63, 3.8) is 0 Å². The van der Waals surface area contributed by atoms with Crippen molar-refractivity contribution < 1.29 is 9.18 Å². The number of anilines is 1. The zero-order valence-electron chi connectivity index (χ0n) is 12.8. The van der Waals surface area contributed by atoms with Gasteiger partial charge in [-0.3, -0.25) is 10.1 Å². The maximum Gasteiger partial charge on any atom is 0.241 e. The number of nitrogens with one attached hydrogen (secondary N) is 2. The lowest BCUT2D eigenvalue weighted by atomic mass is 9.89. The molecule has 0 spiro atoms. The van der Waals surface area contributed by atoms with E-state index in [4.69, 9.17) is 11.6 Å². The van der Waals surface area contributed by atoms with Crippen molar-refractivity contribution in [1.82, 2.24) is 5.32 Å². The average molecular weight is 343 g/mol. The largest absolute Gasteiger partial charge is 0.322 e. The third kappa shape index (κ3) is 2.62. The lowest BCUT2D eigenvalue weighted by Gasteiger charge is -2.19. The van der Waals surface area contributed by atoms with Gasteiger partial charge in [-0.15, -0.1) is 0 Å². The average Bonchev–Trinajstić information content (AvgIpc) is 2.85. The van der Waals surface area contributed by atoms with Crippen molar-refractivity contribution in [2.75, 3.05) is 5.32 Å². The zero-order chi connectivity index (χ0) is 16.7. The Kier molecular flexibility index (Phi) is 3.87. The van der Waals surface area contributed by atoms with Crippen LogP contribution in [0.2, 0.25) is 5.02 Å². The number of halogens is 2. The minimum absolute atomic E-state index is 0.173. The summed E-state index contributed by atoms with van der Waals surface area (Å²) in [6.45, 7) is 0. The molecule has 2 aromatic rings. The smallest absolute Gasteiger partial charge is 0.241 e. The fraction of sp³-hybridized carbons (Fsp3) is 0.211. The Labute approximate surface area is 144 Å². The van der Waals surface area contributed by atoms with Gasteiger partial charge in [0.1, 0.15) is 0 Å². The molecule has 0 bridgehead atoms. The fourth-order valence-corrected chi connectivity index (χ4v) is 3.51. The van der Waals surface area contributed by atoms with Crippen molar-refractivity contribution in [3.8, 4) is 11.1 Å². The molecule has 24 heavy (non-hydrogen) atoms. The predicted molar refractivity (Wildman–Crippen MR) is 93.4 cm³/mol. The van der Waals surface area contributed by atoms with Crippen LogP contribution in [0.3, 0.4) is 0 Å². The standard InChI is InChI=1S/C19H16ClFN2O/c20-14-6-2-1-4-12(14)13-5-3-7-16(18(13)21)23-19(24)17-10-11-8-9-15(11)22-17/h1-9,11,15,17,22H,10H2,(H,23,24)/t11-,15-,17+/m1/s1. The first kappa shape index (κ1) is 15.4. The molecule has 5 heteroatoms. The van der Waals surface area contributed by atoms with E-state index in [2.05, 4.69) is 22.8 Å². The molecule has 1 aliphatic heterocycles. The summed E-state index contributed by atoms with van der Waals surface area (Å²) in [5.74, 6) is -0.264. The number of fused-ring (bicyclic) bond motifs is 1. The summed E-state index contributed by atoms with van der Waals surface area (Å²) in [5, 5.41) is 6.42. The lowest BCUT2D eigenvalue weighted by molar-refractivity contribution is -0.117. The van der Waals surface area contributed by atoms with E-state index in [1.54, 1.807) is 42.5 Å². The maximum absolute atomic E-state index is 14.8. The van der Waals surface area contributed by atoms with E-state index in [1.165, 1.54) is 0 Å². The quantitative estimate of drug-likeness (QED) is 0.828. The molecule has 1 heterocycles. The van der Waals surface area contributed by atoms with Crippen molar-refractivity contribution in [2.24, 2.45) is 5.92 Å². The number of amides is 1. The second-order valence-corrected chi connectivity index (χ2v) is 6.57. The Morgan fingerprint density at radius 1 is 1.12 bits per heavy atom. The molecule has 4 rings (SSSR count). The highest BCUT2D eigenvalue weighted by molar-refractivity contribution is 6.33. The Morgan fingerprint density at radius 2 is 1.92 bits per heavy atom. The Morgan fingerprint density at radius 3 is 2.58 bits per heavy atom. The van der Waals surface area contributed by atoms with Gasteiger partial charge in [0, 0.05) is 22.2 Å². The molecule has 0 saturated carbocycles. The molecule has 3 atom stereocenters. The summed E-state index contributed by atoms with van der Waals surface area (Å²) >= 11 is 6.16. The summed E-state index contributed by atoms with van der Waals surface area (Å²) in [6, 6.07) is 12.0. The van der Waals surface area contributed by atoms with Gasteiger partial charge in [0.2, 0.25) is 5.91 Å². The topological polar surface area (TPSA) is 41.1 Å². The molecule has 2 aromatic carbocycles. The van der Waals surface area contributed by atoms with Gasteiger partial charge in [0.15, 0.2) is 5.82 Å². The van der Waals surface area contributed by atoms with Crippen LogP contribution in [-0.4, -0.2) is 18.0 Å². The van der Waals surface area contributed by atoms with Gasteiger partial charge in [-0.2, -0.15) is 0 Å². The molecule has 1 amide bonds. The summed E-state index contributed by atoms with van der Waals surface area (Å²) in [7, 11) is 0. The Bertz CT molecular complexity index is 822. The molecule has 1 saturated heterocycles. The van der Waals surface area contributed by atoms with E-state index in [-0.39, 0.29) is 23.7 Å². The molecule has 0 unspecified atom stereocenters. The van der Waals surface area contributed by atoms with E-state index in [0.717, 1.165) is 6.42 Å². The Balaban J connectivity index is 1.57. The highest BCUT2D eigenvalue weighted by Crippen LogP contribution is 2.33. The molecular weight excluding hydrogens is 327 g/mol. The van der Waals surface area contributed by atoms with E-state index in [9.17, 15) is 9.18 Å². The third-order valence-electron chi connectivity index (χ3n) is 4.67. The number of hydrogen-bond donors (Lipinski definition) is 2. The monoisotopic (exact) mass is 342 g/mol. The third-order valence-corrected chi connectivity index (χ3v) is 5.00. The van der Waals surface area contributed by atoms with Crippen LogP contribution in [0.15, 0.2) is 54.6 Å². The van der Waals surface area contributed by atoms with Crippen LogP contribution in [0.4, 0.5) is 10.1 Å². The molecular formula is C19H16ClFN2O. The van der Waals surface area contributed by atoms with Gasteiger partial charge < -0.3 is 5.32 Å². The van der Waals surface area contributed by atoms with E-state index in [0.29, 0.717) is 22.1 Å². The van der Waals surface area contributed by atoms with Crippen LogP contribution in [-0.2, 0) is 4.79 Å².